The zero-order valence-corrected chi connectivity index (χ0v) is 19.5. The molecule has 0 saturated heterocycles. The lowest BCUT2D eigenvalue weighted by atomic mass is 9.93. The molecule has 0 aromatic heterocycles. The Hall–Kier alpha value is -1.26. The molecule has 1 amide bonds. The number of hydrogen-bond acceptors (Lipinski definition) is 2. The average molecular weight is 411 g/mol. The van der Waals surface area contributed by atoms with Crippen molar-refractivity contribution in [1.82, 2.24) is 5.32 Å². The lowest BCUT2D eigenvalue weighted by Crippen LogP contribution is -2.24. The van der Waals surface area contributed by atoms with Crippen LogP contribution >= 0.6 is 0 Å². The van der Waals surface area contributed by atoms with Crippen LogP contribution in [-0.2, 0) is 4.79 Å². The normalized spacial score (nSPS) is 11.9. The largest absolute Gasteiger partial charge is 0.370 e. The van der Waals surface area contributed by atoms with Crippen LogP contribution in [0.25, 0.3) is 0 Å². The molecular formula is C24H50N4O. The van der Waals surface area contributed by atoms with E-state index in [1.54, 1.807) is 0 Å². The van der Waals surface area contributed by atoms with E-state index in [4.69, 9.17) is 11.5 Å². The first-order valence-electron chi connectivity index (χ1n) is 12.4. The molecule has 0 aliphatic rings. The predicted molar refractivity (Wildman–Crippen MR) is 127 cm³/mol. The minimum absolute atomic E-state index is 0.123. The van der Waals surface area contributed by atoms with Crippen LogP contribution in [-0.4, -0.2) is 25.0 Å². The molecule has 0 fully saturated rings. The first-order chi connectivity index (χ1) is 14.1. The molecule has 0 saturated carbocycles. The summed E-state index contributed by atoms with van der Waals surface area (Å²) in [5, 5.41) is 3.05. The van der Waals surface area contributed by atoms with Gasteiger partial charge in [-0.3, -0.25) is 9.79 Å². The Labute approximate surface area is 180 Å². The maximum Gasteiger partial charge on any atom is 0.219 e. The molecule has 5 N–H and O–H groups in total. The van der Waals surface area contributed by atoms with Gasteiger partial charge in [-0.05, 0) is 31.6 Å². The number of carbonyl (C=O) groups excluding carboxylic acids is 1. The molecule has 172 valence electrons. The maximum atomic E-state index is 11.8. The molecule has 0 radical (unpaired) electrons. The number of amides is 1. The number of aliphatic imine (C=N–C) groups is 1. The third-order valence-corrected chi connectivity index (χ3v) is 5.76. The second-order valence-corrected chi connectivity index (χ2v) is 8.50. The van der Waals surface area contributed by atoms with Gasteiger partial charge in [0.05, 0.1) is 0 Å². The molecular weight excluding hydrogens is 360 g/mol. The van der Waals surface area contributed by atoms with E-state index < -0.39 is 0 Å². The van der Waals surface area contributed by atoms with Gasteiger partial charge >= 0.3 is 0 Å². The van der Waals surface area contributed by atoms with Gasteiger partial charge in [0, 0.05) is 19.5 Å². The van der Waals surface area contributed by atoms with Gasteiger partial charge in [-0.15, -0.1) is 0 Å². The Balaban J connectivity index is 3.48. The summed E-state index contributed by atoms with van der Waals surface area (Å²) in [6.45, 7) is 5.99. The van der Waals surface area contributed by atoms with Crippen LogP contribution in [0.4, 0.5) is 0 Å². The Kier molecular flexibility index (Phi) is 20.5. The topological polar surface area (TPSA) is 93.5 Å². The zero-order valence-electron chi connectivity index (χ0n) is 19.5. The molecule has 0 bridgehead atoms. The SMILES string of the molecule is CCCCCCCCCCCCC(CC)CCCNC(=O)CCCCN=C(N)N. The highest BCUT2D eigenvalue weighted by Crippen LogP contribution is 2.20. The van der Waals surface area contributed by atoms with Gasteiger partial charge in [-0.25, -0.2) is 0 Å². The number of nitrogens with two attached hydrogens (primary N) is 2. The van der Waals surface area contributed by atoms with Crippen molar-refractivity contribution in [3.63, 3.8) is 0 Å². The van der Waals surface area contributed by atoms with Crippen LogP contribution in [0.15, 0.2) is 4.99 Å². The lowest BCUT2D eigenvalue weighted by Gasteiger charge is -2.15. The lowest BCUT2D eigenvalue weighted by molar-refractivity contribution is -0.121. The van der Waals surface area contributed by atoms with Crippen molar-refractivity contribution in [1.29, 1.82) is 0 Å². The number of hydrogen-bond donors (Lipinski definition) is 3. The molecule has 0 aromatic carbocycles. The van der Waals surface area contributed by atoms with Crippen LogP contribution in [0.1, 0.15) is 123 Å². The molecule has 5 nitrogen and oxygen atoms in total. The summed E-state index contributed by atoms with van der Waals surface area (Å²) in [6, 6.07) is 0. The van der Waals surface area contributed by atoms with E-state index in [1.165, 1.54) is 83.5 Å². The zero-order chi connectivity index (χ0) is 21.6. The van der Waals surface area contributed by atoms with E-state index in [0.29, 0.717) is 13.0 Å². The number of rotatable bonds is 21. The van der Waals surface area contributed by atoms with Crippen molar-refractivity contribution >= 4 is 11.9 Å². The standard InChI is InChI=1S/C24H50N4O/c1-3-5-6-7-8-9-10-11-12-13-17-22(4-2)18-16-21-27-23(29)19-14-15-20-28-24(25)26/h22H,3-21H2,1-2H3,(H,27,29)(H4,25,26,28). The second kappa shape index (κ2) is 21.4. The first-order valence-corrected chi connectivity index (χ1v) is 12.4. The molecule has 0 spiro atoms. The van der Waals surface area contributed by atoms with Crippen molar-refractivity contribution in [3.05, 3.63) is 0 Å². The molecule has 1 unspecified atom stereocenters. The molecule has 0 aromatic rings. The minimum Gasteiger partial charge on any atom is -0.370 e. The summed E-state index contributed by atoms with van der Waals surface area (Å²) in [5.74, 6) is 1.09. The number of guanidine groups is 1. The fraction of sp³-hybridized carbons (Fsp3) is 0.917. The summed E-state index contributed by atoms with van der Waals surface area (Å²) >= 11 is 0. The summed E-state index contributed by atoms with van der Waals surface area (Å²) in [4.78, 5) is 15.8. The quantitative estimate of drug-likeness (QED) is 0.129. The highest BCUT2D eigenvalue weighted by atomic mass is 16.1. The van der Waals surface area contributed by atoms with E-state index in [2.05, 4.69) is 24.2 Å². The highest BCUT2D eigenvalue weighted by Gasteiger charge is 2.07. The fourth-order valence-electron chi connectivity index (χ4n) is 3.79. The van der Waals surface area contributed by atoms with Crippen LogP contribution < -0.4 is 16.8 Å². The first kappa shape index (κ1) is 27.7. The summed E-state index contributed by atoms with van der Waals surface area (Å²) < 4.78 is 0. The summed E-state index contributed by atoms with van der Waals surface area (Å²) in [7, 11) is 0. The van der Waals surface area contributed by atoms with Gasteiger partial charge in [0.25, 0.3) is 0 Å². The smallest absolute Gasteiger partial charge is 0.219 e. The number of carbonyl (C=O) groups is 1. The van der Waals surface area contributed by atoms with E-state index in [1.807, 2.05) is 0 Å². The van der Waals surface area contributed by atoms with Gasteiger partial charge in [-0.2, -0.15) is 0 Å². The van der Waals surface area contributed by atoms with Crippen molar-refractivity contribution in [2.45, 2.75) is 123 Å². The summed E-state index contributed by atoms with van der Waals surface area (Å²) in [6.07, 6.45) is 21.2. The van der Waals surface area contributed by atoms with Crippen molar-refractivity contribution < 1.29 is 4.79 Å². The van der Waals surface area contributed by atoms with Crippen LogP contribution in [0.2, 0.25) is 0 Å². The predicted octanol–water partition coefficient (Wildman–Crippen LogP) is 5.66. The summed E-state index contributed by atoms with van der Waals surface area (Å²) in [5.41, 5.74) is 10.6. The Morgan fingerprint density at radius 1 is 0.793 bits per heavy atom. The number of unbranched alkanes of at least 4 members (excludes halogenated alkanes) is 10. The minimum atomic E-state index is 0.123. The average Bonchev–Trinajstić information content (AvgIpc) is 2.70. The van der Waals surface area contributed by atoms with Gasteiger partial charge in [-0.1, -0.05) is 90.9 Å². The van der Waals surface area contributed by atoms with E-state index >= 15 is 0 Å². The monoisotopic (exact) mass is 410 g/mol. The maximum absolute atomic E-state index is 11.8. The molecule has 5 heteroatoms. The van der Waals surface area contributed by atoms with Gasteiger partial charge in [0.1, 0.15) is 0 Å². The third kappa shape index (κ3) is 21.3. The van der Waals surface area contributed by atoms with E-state index in [9.17, 15) is 4.79 Å². The van der Waals surface area contributed by atoms with Crippen LogP contribution in [0.5, 0.6) is 0 Å². The Bertz CT molecular complexity index is 394. The van der Waals surface area contributed by atoms with E-state index in [-0.39, 0.29) is 11.9 Å². The molecule has 29 heavy (non-hydrogen) atoms. The molecule has 1 atom stereocenters. The van der Waals surface area contributed by atoms with Gasteiger partial charge < -0.3 is 16.8 Å². The molecule has 0 rings (SSSR count). The van der Waals surface area contributed by atoms with E-state index in [0.717, 1.165) is 31.7 Å². The van der Waals surface area contributed by atoms with Crippen molar-refractivity contribution in [3.8, 4) is 0 Å². The van der Waals surface area contributed by atoms with Crippen molar-refractivity contribution in [2.24, 2.45) is 22.4 Å². The highest BCUT2D eigenvalue weighted by molar-refractivity contribution is 5.76. The Morgan fingerprint density at radius 3 is 1.97 bits per heavy atom. The van der Waals surface area contributed by atoms with Crippen LogP contribution in [0, 0.1) is 5.92 Å². The molecule has 0 aliphatic carbocycles. The fourth-order valence-corrected chi connectivity index (χ4v) is 3.79. The van der Waals surface area contributed by atoms with Crippen molar-refractivity contribution in [2.75, 3.05) is 13.1 Å². The molecule has 0 aliphatic heterocycles. The third-order valence-electron chi connectivity index (χ3n) is 5.76. The molecule has 0 heterocycles. The van der Waals surface area contributed by atoms with Crippen LogP contribution in [0.3, 0.4) is 0 Å². The second-order valence-electron chi connectivity index (χ2n) is 8.50. The van der Waals surface area contributed by atoms with Gasteiger partial charge in [0.15, 0.2) is 5.96 Å². The van der Waals surface area contributed by atoms with Gasteiger partial charge in [0.2, 0.25) is 5.91 Å². The number of nitrogens with zero attached hydrogens (tertiary/aromatic N) is 1. The number of nitrogens with one attached hydrogen (secondary N) is 1. The Morgan fingerprint density at radius 2 is 1.38 bits per heavy atom.